The van der Waals surface area contributed by atoms with Crippen LogP contribution >= 0.6 is 0 Å². The number of hydrogen-bond acceptors (Lipinski definition) is 3. The van der Waals surface area contributed by atoms with Crippen molar-refractivity contribution in [1.29, 1.82) is 0 Å². The third-order valence-electron chi connectivity index (χ3n) is 3.91. The molecule has 0 saturated carbocycles. The lowest BCUT2D eigenvalue weighted by molar-refractivity contribution is -0.117. The molecule has 1 heterocycles. The molecule has 3 rings (SSSR count). The fourth-order valence-corrected chi connectivity index (χ4v) is 2.83. The molecule has 0 bridgehead atoms. The molecule has 1 amide bonds. The van der Waals surface area contributed by atoms with E-state index in [1.807, 2.05) is 60.4 Å². The normalized spacial score (nSPS) is 16.5. The van der Waals surface area contributed by atoms with Crippen LogP contribution in [-0.2, 0) is 11.3 Å². The van der Waals surface area contributed by atoms with Gasteiger partial charge in [0.1, 0.15) is 0 Å². The largest absolute Gasteiger partial charge is 0.387 e. The Morgan fingerprint density at radius 1 is 1.18 bits per heavy atom. The van der Waals surface area contributed by atoms with Gasteiger partial charge in [0.05, 0.1) is 12.6 Å². The highest BCUT2D eigenvalue weighted by molar-refractivity contribution is 5.93. The predicted octanol–water partition coefficient (Wildman–Crippen LogP) is 2.48. The Hall–Kier alpha value is -2.17. The van der Waals surface area contributed by atoms with Crippen LogP contribution in [0.15, 0.2) is 48.5 Å². The summed E-state index contributed by atoms with van der Waals surface area (Å²) in [4.78, 5) is 14.0. The van der Waals surface area contributed by atoms with Crippen molar-refractivity contribution in [2.75, 3.05) is 18.4 Å². The van der Waals surface area contributed by atoms with Crippen molar-refractivity contribution in [3.8, 4) is 0 Å². The van der Waals surface area contributed by atoms with Crippen molar-refractivity contribution < 1.29 is 9.90 Å². The third-order valence-corrected chi connectivity index (χ3v) is 3.91. The van der Waals surface area contributed by atoms with Gasteiger partial charge >= 0.3 is 0 Å². The Morgan fingerprint density at radius 3 is 2.82 bits per heavy atom. The second-order valence-corrected chi connectivity index (χ2v) is 5.80. The van der Waals surface area contributed by atoms with E-state index < -0.39 is 6.10 Å². The molecule has 1 aliphatic rings. The van der Waals surface area contributed by atoms with Crippen molar-refractivity contribution in [3.63, 3.8) is 0 Å². The SMILES string of the molecule is Cc1cccc(C(O)CN2CC(=O)Nc3ccccc3C2)c1. The number of fused-ring (bicyclic) bond motifs is 1. The highest BCUT2D eigenvalue weighted by atomic mass is 16.3. The van der Waals surface area contributed by atoms with Crippen LogP contribution in [0, 0.1) is 6.92 Å². The minimum Gasteiger partial charge on any atom is -0.387 e. The zero-order chi connectivity index (χ0) is 15.5. The molecule has 2 aromatic rings. The monoisotopic (exact) mass is 296 g/mol. The molecule has 4 nitrogen and oxygen atoms in total. The van der Waals surface area contributed by atoms with Gasteiger partial charge in [-0.05, 0) is 24.1 Å². The quantitative estimate of drug-likeness (QED) is 0.915. The maximum Gasteiger partial charge on any atom is 0.238 e. The summed E-state index contributed by atoms with van der Waals surface area (Å²) in [5.74, 6) is -0.0404. The van der Waals surface area contributed by atoms with Gasteiger partial charge in [-0.2, -0.15) is 0 Å². The molecule has 0 fully saturated rings. The Labute approximate surface area is 130 Å². The number of amides is 1. The molecular weight excluding hydrogens is 276 g/mol. The summed E-state index contributed by atoms with van der Waals surface area (Å²) < 4.78 is 0. The van der Waals surface area contributed by atoms with E-state index in [0.717, 1.165) is 22.4 Å². The van der Waals surface area contributed by atoms with Gasteiger partial charge < -0.3 is 10.4 Å². The molecule has 1 aliphatic heterocycles. The lowest BCUT2D eigenvalue weighted by Crippen LogP contribution is -2.33. The molecule has 4 heteroatoms. The fraction of sp³-hybridized carbons (Fsp3) is 0.278. The van der Waals surface area contributed by atoms with Crippen molar-refractivity contribution in [1.82, 2.24) is 4.90 Å². The van der Waals surface area contributed by atoms with E-state index >= 15 is 0 Å². The number of para-hydroxylation sites is 1. The van der Waals surface area contributed by atoms with Crippen LogP contribution in [0.2, 0.25) is 0 Å². The van der Waals surface area contributed by atoms with E-state index in [9.17, 15) is 9.90 Å². The summed E-state index contributed by atoms with van der Waals surface area (Å²) in [6.07, 6.45) is -0.599. The lowest BCUT2D eigenvalue weighted by Gasteiger charge is -2.23. The van der Waals surface area contributed by atoms with Crippen LogP contribution in [0.25, 0.3) is 0 Å². The number of benzene rings is 2. The minimum absolute atomic E-state index is 0.0404. The first-order valence-corrected chi connectivity index (χ1v) is 7.46. The maximum absolute atomic E-state index is 12.0. The number of aryl methyl sites for hydroxylation is 1. The van der Waals surface area contributed by atoms with Crippen molar-refractivity contribution >= 4 is 11.6 Å². The second kappa shape index (κ2) is 6.30. The molecular formula is C18H20N2O2. The van der Waals surface area contributed by atoms with E-state index in [4.69, 9.17) is 0 Å². The van der Waals surface area contributed by atoms with Crippen LogP contribution in [0.5, 0.6) is 0 Å². The second-order valence-electron chi connectivity index (χ2n) is 5.80. The highest BCUT2D eigenvalue weighted by Gasteiger charge is 2.21. The van der Waals surface area contributed by atoms with Gasteiger partial charge in [-0.15, -0.1) is 0 Å². The Balaban J connectivity index is 1.76. The van der Waals surface area contributed by atoms with Crippen molar-refractivity contribution in [2.24, 2.45) is 0 Å². The van der Waals surface area contributed by atoms with Crippen LogP contribution < -0.4 is 5.32 Å². The third kappa shape index (κ3) is 3.35. The number of anilines is 1. The van der Waals surface area contributed by atoms with Gasteiger partial charge in [-0.3, -0.25) is 9.69 Å². The van der Waals surface area contributed by atoms with E-state index in [2.05, 4.69) is 5.32 Å². The number of hydrogen-bond donors (Lipinski definition) is 2. The summed E-state index contributed by atoms with van der Waals surface area (Å²) in [6.45, 7) is 3.38. The Bertz CT molecular complexity index is 684. The van der Waals surface area contributed by atoms with Crippen LogP contribution in [0.4, 0.5) is 5.69 Å². The zero-order valence-corrected chi connectivity index (χ0v) is 12.6. The summed E-state index contributed by atoms with van der Waals surface area (Å²) in [5, 5.41) is 13.4. The summed E-state index contributed by atoms with van der Waals surface area (Å²) in [5.41, 5.74) is 3.94. The zero-order valence-electron chi connectivity index (χ0n) is 12.6. The Morgan fingerprint density at radius 2 is 2.00 bits per heavy atom. The highest BCUT2D eigenvalue weighted by Crippen LogP contribution is 2.22. The fourth-order valence-electron chi connectivity index (χ4n) is 2.83. The molecule has 2 aromatic carbocycles. The number of nitrogens with zero attached hydrogens (tertiary/aromatic N) is 1. The number of rotatable bonds is 3. The Kier molecular flexibility index (Phi) is 4.22. The number of carbonyl (C=O) groups is 1. The van der Waals surface area contributed by atoms with Crippen LogP contribution in [0.1, 0.15) is 22.8 Å². The number of carbonyl (C=O) groups excluding carboxylic acids is 1. The molecule has 22 heavy (non-hydrogen) atoms. The molecule has 2 N–H and O–H groups in total. The predicted molar refractivity (Wildman–Crippen MR) is 86.5 cm³/mol. The molecule has 0 aliphatic carbocycles. The molecule has 1 atom stereocenters. The first kappa shape index (κ1) is 14.8. The van der Waals surface area contributed by atoms with E-state index in [-0.39, 0.29) is 12.5 Å². The van der Waals surface area contributed by atoms with Gasteiger partial charge in [0.15, 0.2) is 0 Å². The first-order valence-electron chi connectivity index (χ1n) is 7.46. The average Bonchev–Trinajstić information content (AvgIpc) is 2.64. The van der Waals surface area contributed by atoms with Gasteiger partial charge in [-0.25, -0.2) is 0 Å². The lowest BCUT2D eigenvalue weighted by atomic mass is 10.1. The number of aliphatic hydroxyl groups excluding tert-OH is 1. The topological polar surface area (TPSA) is 52.6 Å². The standard InChI is InChI=1S/C18H20N2O2/c1-13-5-4-7-14(9-13)17(21)11-20-10-15-6-2-3-8-16(15)19-18(22)12-20/h2-9,17,21H,10-12H2,1H3,(H,19,22). The van der Waals surface area contributed by atoms with Crippen LogP contribution in [-0.4, -0.2) is 29.0 Å². The summed E-state index contributed by atoms with van der Waals surface area (Å²) in [6, 6.07) is 15.6. The number of aliphatic hydroxyl groups is 1. The van der Waals surface area contributed by atoms with Crippen LogP contribution in [0.3, 0.4) is 0 Å². The van der Waals surface area contributed by atoms with E-state index in [0.29, 0.717) is 13.1 Å². The molecule has 0 radical (unpaired) electrons. The average molecular weight is 296 g/mol. The maximum atomic E-state index is 12.0. The molecule has 0 aromatic heterocycles. The van der Waals surface area contributed by atoms with Gasteiger partial charge in [0.2, 0.25) is 5.91 Å². The van der Waals surface area contributed by atoms with Crippen molar-refractivity contribution in [2.45, 2.75) is 19.6 Å². The smallest absolute Gasteiger partial charge is 0.238 e. The van der Waals surface area contributed by atoms with Gasteiger partial charge in [-0.1, -0.05) is 48.0 Å². The molecule has 0 spiro atoms. The minimum atomic E-state index is -0.599. The number of nitrogens with one attached hydrogen (secondary N) is 1. The van der Waals surface area contributed by atoms with E-state index in [1.54, 1.807) is 0 Å². The van der Waals surface area contributed by atoms with Gasteiger partial charge in [0.25, 0.3) is 0 Å². The van der Waals surface area contributed by atoms with E-state index in [1.165, 1.54) is 0 Å². The van der Waals surface area contributed by atoms with Gasteiger partial charge in [0, 0.05) is 18.8 Å². The number of β-amino-alcohol motifs (C(OH)–C–C–N with tert-alkyl or cyclic N) is 1. The first-order chi connectivity index (χ1) is 10.6. The molecule has 114 valence electrons. The summed E-state index contributed by atoms with van der Waals surface area (Å²) in [7, 11) is 0. The molecule has 0 saturated heterocycles. The van der Waals surface area contributed by atoms with Crippen molar-refractivity contribution in [3.05, 3.63) is 65.2 Å². The molecule has 1 unspecified atom stereocenters. The summed E-state index contributed by atoms with van der Waals surface area (Å²) >= 11 is 0.